The van der Waals surface area contributed by atoms with Crippen LogP contribution >= 0.6 is 0 Å². The van der Waals surface area contributed by atoms with Crippen LogP contribution in [0.2, 0.25) is 0 Å². The molecule has 3 nitrogen and oxygen atoms in total. The summed E-state index contributed by atoms with van der Waals surface area (Å²) in [5.74, 6) is 0.713. The molecule has 0 spiro atoms. The first-order valence-electron chi connectivity index (χ1n) is 6.14. The summed E-state index contributed by atoms with van der Waals surface area (Å²) in [6.07, 6.45) is 2.56. The van der Waals surface area contributed by atoms with Gasteiger partial charge in [-0.05, 0) is 50.6 Å². The van der Waals surface area contributed by atoms with E-state index in [4.69, 9.17) is 5.73 Å². The lowest BCUT2D eigenvalue weighted by Crippen LogP contribution is -2.24. The number of hydrogen-bond donors (Lipinski definition) is 1. The Kier molecular flexibility index (Phi) is 4.18. The zero-order valence-electron chi connectivity index (χ0n) is 10.3. The molecule has 1 aliphatic rings. The van der Waals surface area contributed by atoms with E-state index < -0.39 is 10.8 Å². The Bertz CT molecular complexity index is 414. The highest BCUT2D eigenvalue weighted by molar-refractivity contribution is 7.85. The molecule has 4 heteroatoms. The number of anilines is 1. The molecular formula is C13H20N2OS. The zero-order valence-corrected chi connectivity index (χ0v) is 11.1. The minimum atomic E-state index is -0.923. The van der Waals surface area contributed by atoms with E-state index in [1.54, 1.807) is 0 Å². The molecule has 94 valence electrons. The van der Waals surface area contributed by atoms with Gasteiger partial charge in [0.15, 0.2) is 0 Å². The lowest BCUT2D eigenvalue weighted by molar-refractivity contribution is 0.361. The van der Waals surface area contributed by atoms with Gasteiger partial charge in [-0.1, -0.05) is 6.07 Å². The number of benzene rings is 1. The van der Waals surface area contributed by atoms with Crippen LogP contribution in [0.25, 0.3) is 0 Å². The maximum absolute atomic E-state index is 12.2. The van der Waals surface area contributed by atoms with E-state index in [9.17, 15) is 4.21 Å². The summed E-state index contributed by atoms with van der Waals surface area (Å²) < 4.78 is 12.2. The highest BCUT2D eigenvalue weighted by Crippen LogP contribution is 2.19. The van der Waals surface area contributed by atoms with Crippen molar-refractivity contribution in [3.05, 3.63) is 23.8 Å². The average molecular weight is 252 g/mol. The molecule has 0 radical (unpaired) electrons. The molecule has 0 amide bonds. The second-order valence-electron chi connectivity index (χ2n) is 4.57. The quantitative estimate of drug-likeness (QED) is 0.831. The van der Waals surface area contributed by atoms with Gasteiger partial charge in [-0.15, -0.1) is 0 Å². The van der Waals surface area contributed by atoms with Crippen LogP contribution in [0.15, 0.2) is 23.1 Å². The molecule has 0 aliphatic carbocycles. The minimum Gasteiger partial charge on any atom is -0.398 e. The van der Waals surface area contributed by atoms with Crippen LogP contribution in [0.3, 0.4) is 0 Å². The molecule has 0 bridgehead atoms. The molecular weight excluding hydrogens is 232 g/mol. The third kappa shape index (κ3) is 3.07. The summed E-state index contributed by atoms with van der Waals surface area (Å²) in [7, 11) is -0.923. The van der Waals surface area contributed by atoms with Crippen LogP contribution in [0.5, 0.6) is 0 Å². The Balaban J connectivity index is 1.97. The highest BCUT2D eigenvalue weighted by atomic mass is 32.2. The van der Waals surface area contributed by atoms with Crippen molar-refractivity contribution in [1.82, 2.24) is 4.90 Å². The zero-order chi connectivity index (χ0) is 12.3. The van der Waals surface area contributed by atoms with Crippen LogP contribution in [0.4, 0.5) is 5.69 Å². The predicted octanol–water partition coefficient (Wildman–Crippen LogP) is 1.78. The molecule has 2 rings (SSSR count). The van der Waals surface area contributed by atoms with E-state index in [1.807, 2.05) is 25.1 Å². The second kappa shape index (κ2) is 5.65. The van der Waals surface area contributed by atoms with Gasteiger partial charge in [0.05, 0.1) is 10.8 Å². The van der Waals surface area contributed by atoms with Gasteiger partial charge in [0, 0.05) is 22.9 Å². The Hall–Kier alpha value is -0.870. The van der Waals surface area contributed by atoms with Crippen molar-refractivity contribution >= 4 is 16.5 Å². The summed E-state index contributed by atoms with van der Waals surface area (Å²) >= 11 is 0. The molecule has 1 saturated heterocycles. The Labute approximate surface area is 105 Å². The Morgan fingerprint density at radius 1 is 1.35 bits per heavy atom. The summed E-state index contributed by atoms with van der Waals surface area (Å²) in [5.41, 5.74) is 7.53. The van der Waals surface area contributed by atoms with E-state index in [2.05, 4.69) is 4.90 Å². The fraction of sp³-hybridized carbons (Fsp3) is 0.538. The van der Waals surface area contributed by atoms with Gasteiger partial charge in [-0.25, -0.2) is 0 Å². The number of nitrogens with zero attached hydrogens (tertiary/aromatic N) is 1. The molecule has 1 atom stereocenters. The van der Waals surface area contributed by atoms with Gasteiger partial charge in [0.25, 0.3) is 0 Å². The summed E-state index contributed by atoms with van der Waals surface area (Å²) in [4.78, 5) is 3.28. The normalized spacial score (nSPS) is 18.4. The lowest BCUT2D eigenvalue weighted by Gasteiger charge is -2.14. The van der Waals surface area contributed by atoms with Gasteiger partial charge in [0.2, 0.25) is 0 Å². The SMILES string of the molecule is Cc1c(N)cccc1S(=O)CCN1CCCC1. The smallest absolute Gasteiger partial charge is 0.0545 e. The van der Waals surface area contributed by atoms with Crippen molar-refractivity contribution in [2.45, 2.75) is 24.7 Å². The van der Waals surface area contributed by atoms with Crippen molar-refractivity contribution in [3.63, 3.8) is 0 Å². The average Bonchev–Trinajstić information content (AvgIpc) is 2.82. The van der Waals surface area contributed by atoms with Crippen LogP contribution in [-0.4, -0.2) is 34.5 Å². The van der Waals surface area contributed by atoms with Gasteiger partial charge in [0.1, 0.15) is 0 Å². The summed E-state index contributed by atoms with van der Waals surface area (Å²) in [5, 5.41) is 0. The molecule has 0 saturated carbocycles. The fourth-order valence-electron chi connectivity index (χ4n) is 2.21. The molecule has 1 unspecified atom stereocenters. The van der Waals surface area contributed by atoms with E-state index in [0.717, 1.165) is 35.8 Å². The van der Waals surface area contributed by atoms with Crippen molar-refractivity contribution in [2.75, 3.05) is 31.1 Å². The van der Waals surface area contributed by atoms with E-state index in [-0.39, 0.29) is 0 Å². The third-order valence-electron chi connectivity index (χ3n) is 3.36. The molecule has 1 heterocycles. The lowest BCUT2D eigenvalue weighted by atomic mass is 10.2. The first kappa shape index (κ1) is 12.6. The van der Waals surface area contributed by atoms with Gasteiger partial charge >= 0.3 is 0 Å². The van der Waals surface area contributed by atoms with Crippen LogP contribution < -0.4 is 5.73 Å². The molecule has 0 aromatic heterocycles. The van der Waals surface area contributed by atoms with Gasteiger partial charge in [-0.3, -0.25) is 4.21 Å². The topological polar surface area (TPSA) is 46.3 Å². The highest BCUT2D eigenvalue weighted by Gasteiger charge is 2.14. The molecule has 17 heavy (non-hydrogen) atoms. The van der Waals surface area contributed by atoms with Crippen LogP contribution in [-0.2, 0) is 10.8 Å². The standard InChI is InChI=1S/C13H20N2OS/c1-11-12(14)5-4-6-13(11)17(16)10-9-15-7-2-3-8-15/h4-6H,2-3,7-10,14H2,1H3. The second-order valence-corrected chi connectivity index (χ2v) is 6.11. The number of hydrogen-bond acceptors (Lipinski definition) is 3. The maximum atomic E-state index is 12.2. The summed E-state index contributed by atoms with van der Waals surface area (Å²) in [6.45, 7) is 5.19. The van der Waals surface area contributed by atoms with E-state index in [1.165, 1.54) is 12.8 Å². The molecule has 1 aromatic rings. The van der Waals surface area contributed by atoms with Crippen LogP contribution in [0.1, 0.15) is 18.4 Å². The first-order chi connectivity index (χ1) is 8.18. The van der Waals surface area contributed by atoms with E-state index >= 15 is 0 Å². The van der Waals surface area contributed by atoms with Crippen molar-refractivity contribution in [1.29, 1.82) is 0 Å². The Morgan fingerprint density at radius 3 is 2.76 bits per heavy atom. The maximum Gasteiger partial charge on any atom is 0.0545 e. The largest absolute Gasteiger partial charge is 0.398 e. The number of nitrogen functional groups attached to an aromatic ring is 1. The third-order valence-corrected chi connectivity index (χ3v) is 4.85. The number of nitrogens with two attached hydrogens (primary N) is 1. The number of rotatable bonds is 4. The Morgan fingerprint density at radius 2 is 2.06 bits per heavy atom. The molecule has 2 N–H and O–H groups in total. The monoisotopic (exact) mass is 252 g/mol. The summed E-state index contributed by atoms with van der Waals surface area (Å²) in [6, 6.07) is 5.66. The van der Waals surface area contributed by atoms with Gasteiger partial charge < -0.3 is 10.6 Å². The minimum absolute atomic E-state index is 0.713. The van der Waals surface area contributed by atoms with Crippen LogP contribution in [0, 0.1) is 6.92 Å². The predicted molar refractivity (Wildman–Crippen MR) is 72.5 cm³/mol. The van der Waals surface area contributed by atoms with E-state index in [0.29, 0.717) is 5.75 Å². The van der Waals surface area contributed by atoms with Crippen molar-refractivity contribution in [3.8, 4) is 0 Å². The van der Waals surface area contributed by atoms with Crippen molar-refractivity contribution < 1.29 is 4.21 Å². The fourth-order valence-corrected chi connectivity index (χ4v) is 3.54. The van der Waals surface area contributed by atoms with Gasteiger partial charge in [-0.2, -0.15) is 0 Å². The molecule has 1 fully saturated rings. The number of likely N-dealkylation sites (tertiary alicyclic amines) is 1. The molecule has 1 aromatic carbocycles. The first-order valence-corrected chi connectivity index (χ1v) is 7.46. The molecule has 1 aliphatic heterocycles. The van der Waals surface area contributed by atoms with Crippen molar-refractivity contribution in [2.24, 2.45) is 0 Å².